The summed E-state index contributed by atoms with van der Waals surface area (Å²) in [6.45, 7) is 0. The van der Waals surface area contributed by atoms with Crippen LogP contribution >= 0.6 is 15.9 Å². The third kappa shape index (κ3) is 1.85. The highest BCUT2D eigenvalue weighted by molar-refractivity contribution is 9.08. The van der Waals surface area contributed by atoms with Crippen LogP contribution in [0.1, 0.15) is 5.56 Å². The van der Waals surface area contributed by atoms with Gasteiger partial charge in [0.2, 0.25) is 0 Å². The fourth-order valence-corrected chi connectivity index (χ4v) is 1.90. The number of hydrogen-bond donors (Lipinski definition) is 0. The Morgan fingerprint density at radius 1 is 1.27 bits per heavy atom. The van der Waals surface area contributed by atoms with Crippen molar-refractivity contribution in [2.45, 2.75) is 5.33 Å². The number of halogens is 1. The summed E-state index contributed by atoms with van der Waals surface area (Å²) in [5.41, 5.74) is 1.09. The number of nitro benzene ring substituents is 1. The molecule has 0 aliphatic carbocycles. The summed E-state index contributed by atoms with van der Waals surface area (Å²) in [6, 6.07) is 10.9. The lowest BCUT2D eigenvalue weighted by atomic mass is 10.1. The van der Waals surface area contributed by atoms with E-state index in [0.717, 1.165) is 10.9 Å². The lowest BCUT2D eigenvalue weighted by molar-refractivity contribution is -0.383. The molecule has 0 aliphatic heterocycles. The summed E-state index contributed by atoms with van der Waals surface area (Å²) in [4.78, 5) is 10.5. The monoisotopic (exact) mass is 265 g/mol. The maximum atomic E-state index is 10.9. The van der Waals surface area contributed by atoms with E-state index in [-0.39, 0.29) is 10.6 Å². The summed E-state index contributed by atoms with van der Waals surface area (Å²) in [6.07, 6.45) is 0. The topological polar surface area (TPSA) is 43.1 Å². The molecule has 0 aliphatic rings. The molecule has 0 aromatic heterocycles. The van der Waals surface area contributed by atoms with E-state index in [1.807, 2.05) is 24.3 Å². The highest BCUT2D eigenvalue weighted by atomic mass is 79.9. The van der Waals surface area contributed by atoms with E-state index in [1.54, 1.807) is 12.1 Å². The summed E-state index contributed by atoms with van der Waals surface area (Å²) in [5.74, 6) is 0. The van der Waals surface area contributed by atoms with Gasteiger partial charge in [-0.25, -0.2) is 0 Å². The molecule has 0 heterocycles. The number of nitro groups is 1. The van der Waals surface area contributed by atoms with Crippen LogP contribution in [0.5, 0.6) is 0 Å². The minimum atomic E-state index is -0.339. The normalized spacial score (nSPS) is 10.5. The van der Waals surface area contributed by atoms with Gasteiger partial charge >= 0.3 is 0 Å². The van der Waals surface area contributed by atoms with E-state index in [1.165, 1.54) is 0 Å². The number of rotatable bonds is 2. The van der Waals surface area contributed by atoms with E-state index in [2.05, 4.69) is 15.9 Å². The Labute approximate surface area is 95.0 Å². The molecule has 2 rings (SSSR count). The maximum Gasteiger partial charge on any atom is 0.277 e. The van der Waals surface area contributed by atoms with Crippen LogP contribution in [0.3, 0.4) is 0 Å². The molecule has 0 saturated heterocycles. The Morgan fingerprint density at radius 2 is 2.00 bits per heavy atom. The molecule has 2 aromatic carbocycles. The molecule has 76 valence electrons. The van der Waals surface area contributed by atoms with E-state index in [4.69, 9.17) is 0 Å². The standard InChI is InChI=1S/C11H8BrNO2/c12-7-8-5-9-3-1-2-4-10(9)11(6-8)13(14)15/h1-6H,7H2. The molecule has 0 spiro atoms. The van der Waals surface area contributed by atoms with Crippen molar-refractivity contribution in [1.82, 2.24) is 0 Å². The molecular weight excluding hydrogens is 258 g/mol. The first-order valence-corrected chi connectivity index (χ1v) is 5.56. The second-order valence-electron chi connectivity index (χ2n) is 3.23. The van der Waals surface area contributed by atoms with Gasteiger partial charge in [-0.05, 0) is 23.1 Å². The zero-order chi connectivity index (χ0) is 10.8. The molecule has 0 saturated carbocycles. The van der Waals surface area contributed by atoms with Crippen molar-refractivity contribution in [2.75, 3.05) is 0 Å². The number of fused-ring (bicyclic) bond motifs is 1. The number of hydrogen-bond acceptors (Lipinski definition) is 2. The van der Waals surface area contributed by atoms with Gasteiger partial charge in [-0.3, -0.25) is 10.1 Å². The van der Waals surface area contributed by atoms with Crippen molar-refractivity contribution in [3.63, 3.8) is 0 Å². The molecule has 3 nitrogen and oxygen atoms in total. The van der Waals surface area contributed by atoms with Crippen LogP contribution in [0.25, 0.3) is 10.8 Å². The van der Waals surface area contributed by atoms with Crippen LogP contribution < -0.4 is 0 Å². The molecule has 0 N–H and O–H groups in total. The van der Waals surface area contributed by atoms with Crippen LogP contribution in [0, 0.1) is 10.1 Å². The Morgan fingerprint density at radius 3 is 2.67 bits per heavy atom. The van der Waals surface area contributed by atoms with Gasteiger partial charge in [0.25, 0.3) is 5.69 Å². The van der Waals surface area contributed by atoms with Gasteiger partial charge in [0.15, 0.2) is 0 Å². The highest BCUT2D eigenvalue weighted by Gasteiger charge is 2.12. The molecule has 4 heteroatoms. The summed E-state index contributed by atoms with van der Waals surface area (Å²) < 4.78 is 0. The summed E-state index contributed by atoms with van der Waals surface area (Å²) >= 11 is 3.30. The van der Waals surface area contributed by atoms with E-state index in [9.17, 15) is 10.1 Å². The van der Waals surface area contributed by atoms with Gasteiger partial charge < -0.3 is 0 Å². The van der Waals surface area contributed by atoms with Crippen LogP contribution in [0.2, 0.25) is 0 Å². The van der Waals surface area contributed by atoms with Gasteiger partial charge in [-0.1, -0.05) is 34.1 Å². The van der Waals surface area contributed by atoms with Crippen LogP contribution in [0.15, 0.2) is 36.4 Å². The van der Waals surface area contributed by atoms with Crippen LogP contribution in [0.4, 0.5) is 5.69 Å². The SMILES string of the molecule is O=[N+]([O-])c1cc(CBr)cc2ccccc12. The Bertz CT molecular complexity index is 525. The van der Waals surface area contributed by atoms with Crippen molar-refractivity contribution in [3.8, 4) is 0 Å². The molecule has 0 unspecified atom stereocenters. The average Bonchev–Trinajstić information content (AvgIpc) is 2.27. The zero-order valence-corrected chi connectivity index (χ0v) is 9.40. The first-order chi connectivity index (χ1) is 7.22. The van der Waals surface area contributed by atoms with Crippen molar-refractivity contribution < 1.29 is 4.92 Å². The number of benzene rings is 2. The lowest BCUT2D eigenvalue weighted by Gasteiger charge is -2.02. The Hall–Kier alpha value is -1.42. The molecular formula is C11H8BrNO2. The molecule has 0 bridgehead atoms. The molecule has 15 heavy (non-hydrogen) atoms. The third-order valence-electron chi connectivity index (χ3n) is 2.25. The third-order valence-corrected chi connectivity index (χ3v) is 2.90. The fourth-order valence-electron chi connectivity index (χ4n) is 1.58. The van der Waals surface area contributed by atoms with Gasteiger partial charge in [0.1, 0.15) is 0 Å². The summed E-state index contributed by atoms with van der Waals surface area (Å²) in [5, 5.41) is 13.1. The quantitative estimate of drug-likeness (QED) is 0.473. The smallest absolute Gasteiger partial charge is 0.258 e. The second-order valence-corrected chi connectivity index (χ2v) is 3.79. The highest BCUT2D eigenvalue weighted by Crippen LogP contribution is 2.27. The van der Waals surface area contributed by atoms with Crippen LogP contribution in [-0.4, -0.2) is 4.92 Å². The van der Waals surface area contributed by atoms with Gasteiger partial charge in [0, 0.05) is 11.4 Å². The minimum Gasteiger partial charge on any atom is -0.258 e. The predicted octanol–water partition coefficient (Wildman–Crippen LogP) is 3.64. The first-order valence-electron chi connectivity index (χ1n) is 4.44. The minimum absolute atomic E-state index is 0.169. The van der Waals surface area contributed by atoms with E-state index in [0.29, 0.717) is 10.7 Å². The van der Waals surface area contributed by atoms with E-state index < -0.39 is 0 Å². The summed E-state index contributed by atoms with van der Waals surface area (Å²) in [7, 11) is 0. The average molecular weight is 266 g/mol. The van der Waals surface area contributed by atoms with Crippen molar-refractivity contribution >= 4 is 32.4 Å². The second kappa shape index (κ2) is 3.98. The molecule has 0 fully saturated rings. The molecule has 0 atom stereocenters. The fraction of sp³-hybridized carbons (Fsp3) is 0.0909. The van der Waals surface area contributed by atoms with Gasteiger partial charge in [0.05, 0.1) is 10.3 Å². The predicted molar refractivity (Wildman–Crippen MR) is 63.2 cm³/mol. The zero-order valence-electron chi connectivity index (χ0n) is 7.81. The molecule has 0 amide bonds. The van der Waals surface area contributed by atoms with Crippen molar-refractivity contribution in [1.29, 1.82) is 0 Å². The van der Waals surface area contributed by atoms with Gasteiger partial charge in [-0.2, -0.15) is 0 Å². The number of alkyl halides is 1. The van der Waals surface area contributed by atoms with Crippen molar-refractivity contribution in [3.05, 3.63) is 52.1 Å². The first kappa shape index (κ1) is 10.1. The Kier molecular flexibility index (Phi) is 2.68. The lowest BCUT2D eigenvalue weighted by Crippen LogP contribution is -1.91. The maximum absolute atomic E-state index is 10.9. The largest absolute Gasteiger partial charge is 0.277 e. The Balaban J connectivity index is 2.80. The molecule has 0 radical (unpaired) electrons. The van der Waals surface area contributed by atoms with Crippen LogP contribution in [-0.2, 0) is 5.33 Å². The van der Waals surface area contributed by atoms with E-state index >= 15 is 0 Å². The molecule has 2 aromatic rings. The van der Waals surface area contributed by atoms with Crippen molar-refractivity contribution in [2.24, 2.45) is 0 Å². The number of nitrogens with zero attached hydrogens (tertiary/aromatic N) is 1. The van der Waals surface area contributed by atoms with Gasteiger partial charge in [-0.15, -0.1) is 0 Å². The number of non-ortho nitro benzene ring substituents is 1.